The molecule has 0 radical (unpaired) electrons. The van der Waals surface area contributed by atoms with Gasteiger partial charge < -0.3 is 4.90 Å². The van der Waals surface area contributed by atoms with Crippen LogP contribution in [-0.2, 0) is 0 Å². The van der Waals surface area contributed by atoms with Crippen LogP contribution in [-0.4, -0.2) is 37.1 Å². The average Bonchev–Trinajstić information content (AvgIpc) is 2.80. The van der Waals surface area contributed by atoms with Gasteiger partial charge in [0.1, 0.15) is 0 Å². The Morgan fingerprint density at radius 2 is 1.94 bits per heavy atom. The van der Waals surface area contributed by atoms with Crippen LogP contribution in [0.4, 0.5) is 5.69 Å². The zero-order valence-electron chi connectivity index (χ0n) is 10.6. The van der Waals surface area contributed by atoms with Crippen molar-refractivity contribution >= 4 is 28.9 Å². The molecule has 2 nitrogen and oxygen atoms in total. The van der Waals surface area contributed by atoms with Crippen molar-refractivity contribution in [3.63, 3.8) is 0 Å². The summed E-state index contributed by atoms with van der Waals surface area (Å²) >= 11 is 12.6. The molecule has 0 saturated carbocycles. The second kappa shape index (κ2) is 4.92. The van der Waals surface area contributed by atoms with Gasteiger partial charge in [0, 0.05) is 30.7 Å². The molecular weight excluding hydrogens is 267 g/mol. The molecule has 4 heteroatoms. The summed E-state index contributed by atoms with van der Waals surface area (Å²) in [7, 11) is 0. The summed E-state index contributed by atoms with van der Waals surface area (Å²) in [6, 6.07) is 4.69. The lowest BCUT2D eigenvalue weighted by atomic mass is 10.1. The summed E-state index contributed by atoms with van der Waals surface area (Å²) in [5.74, 6) is 0. The molecule has 1 aromatic carbocycles. The summed E-state index contributed by atoms with van der Waals surface area (Å²) in [6.45, 7) is 6.54. The normalized spacial score (nSPS) is 24.4. The van der Waals surface area contributed by atoms with E-state index < -0.39 is 0 Å². The summed E-state index contributed by atoms with van der Waals surface area (Å²) < 4.78 is 0. The van der Waals surface area contributed by atoms with E-state index in [1.807, 2.05) is 19.1 Å². The van der Waals surface area contributed by atoms with Gasteiger partial charge in [0.2, 0.25) is 0 Å². The van der Waals surface area contributed by atoms with Crippen molar-refractivity contribution in [1.29, 1.82) is 0 Å². The maximum atomic E-state index is 6.36. The molecule has 0 amide bonds. The highest BCUT2D eigenvalue weighted by Crippen LogP contribution is 2.34. The minimum Gasteiger partial charge on any atom is -0.367 e. The van der Waals surface area contributed by atoms with Gasteiger partial charge in [0.25, 0.3) is 0 Å². The van der Waals surface area contributed by atoms with E-state index in [2.05, 4.69) is 9.80 Å². The van der Waals surface area contributed by atoms with Crippen LogP contribution in [0.1, 0.15) is 18.4 Å². The largest absolute Gasteiger partial charge is 0.367 e. The fraction of sp³-hybridized carbons (Fsp3) is 0.571. The van der Waals surface area contributed by atoms with Crippen LogP contribution in [0, 0.1) is 6.92 Å². The predicted molar refractivity (Wildman–Crippen MR) is 78.0 cm³/mol. The highest BCUT2D eigenvalue weighted by atomic mass is 35.5. The lowest BCUT2D eigenvalue weighted by Crippen LogP contribution is -2.50. The first-order valence-electron chi connectivity index (χ1n) is 6.60. The fourth-order valence-electron chi connectivity index (χ4n) is 3.09. The van der Waals surface area contributed by atoms with E-state index in [0.29, 0.717) is 6.04 Å². The molecule has 98 valence electrons. The van der Waals surface area contributed by atoms with Crippen LogP contribution in [0.2, 0.25) is 10.0 Å². The summed E-state index contributed by atoms with van der Waals surface area (Å²) in [5.41, 5.74) is 2.14. The third kappa shape index (κ3) is 2.22. The molecule has 2 aliphatic rings. The molecule has 18 heavy (non-hydrogen) atoms. The number of hydrogen-bond acceptors (Lipinski definition) is 2. The second-order valence-electron chi connectivity index (χ2n) is 5.33. The molecule has 1 unspecified atom stereocenters. The number of fused-ring (bicyclic) bond motifs is 1. The second-order valence-corrected chi connectivity index (χ2v) is 6.15. The SMILES string of the molecule is Cc1cc(Cl)c(N2CCN3CCCC3C2)cc1Cl. The summed E-state index contributed by atoms with van der Waals surface area (Å²) in [5, 5.41) is 1.63. The molecule has 1 aromatic rings. The fourth-order valence-corrected chi connectivity index (χ4v) is 3.58. The zero-order chi connectivity index (χ0) is 12.7. The van der Waals surface area contributed by atoms with E-state index in [0.717, 1.165) is 40.9 Å². The molecule has 0 spiro atoms. The molecule has 2 heterocycles. The Morgan fingerprint density at radius 1 is 1.11 bits per heavy atom. The Labute approximate surface area is 118 Å². The number of benzene rings is 1. The van der Waals surface area contributed by atoms with Crippen LogP contribution < -0.4 is 4.90 Å². The van der Waals surface area contributed by atoms with Crippen LogP contribution in [0.25, 0.3) is 0 Å². The van der Waals surface area contributed by atoms with E-state index in [1.165, 1.54) is 19.4 Å². The third-order valence-electron chi connectivity index (χ3n) is 4.16. The number of anilines is 1. The van der Waals surface area contributed by atoms with Gasteiger partial charge in [-0.2, -0.15) is 0 Å². The van der Waals surface area contributed by atoms with Gasteiger partial charge in [0.05, 0.1) is 10.7 Å². The van der Waals surface area contributed by atoms with E-state index >= 15 is 0 Å². The van der Waals surface area contributed by atoms with Crippen molar-refractivity contribution in [3.8, 4) is 0 Å². The Morgan fingerprint density at radius 3 is 2.78 bits per heavy atom. The quantitative estimate of drug-likeness (QED) is 0.778. The maximum Gasteiger partial charge on any atom is 0.0643 e. The van der Waals surface area contributed by atoms with Crippen LogP contribution >= 0.6 is 23.2 Å². The number of aryl methyl sites for hydroxylation is 1. The molecule has 0 aromatic heterocycles. The van der Waals surface area contributed by atoms with Gasteiger partial charge in [-0.25, -0.2) is 0 Å². The van der Waals surface area contributed by atoms with E-state index in [9.17, 15) is 0 Å². The first kappa shape index (κ1) is 12.6. The van der Waals surface area contributed by atoms with Crippen LogP contribution in [0.15, 0.2) is 12.1 Å². The van der Waals surface area contributed by atoms with Gasteiger partial charge >= 0.3 is 0 Å². The topological polar surface area (TPSA) is 6.48 Å². The molecule has 0 bridgehead atoms. The third-order valence-corrected chi connectivity index (χ3v) is 4.87. The smallest absolute Gasteiger partial charge is 0.0643 e. The van der Waals surface area contributed by atoms with Gasteiger partial charge in [-0.05, 0) is 44.0 Å². The van der Waals surface area contributed by atoms with Crippen LogP contribution in [0.3, 0.4) is 0 Å². The lowest BCUT2D eigenvalue weighted by molar-refractivity contribution is 0.231. The highest BCUT2D eigenvalue weighted by Gasteiger charge is 2.31. The number of piperazine rings is 1. The molecular formula is C14H18Cl2N2. The van der Waals surface area contributed by atoms with Crippen LogP contribution in [0.5, 0.6) is 0 Å². The number of halogens is 2. The van der Waals surface area contributed by atoms with Gasteiger partial charge in [-0.1, -0.05) is 23.2 Å². The van der Waals surface area contributed by atoms with Crippen molar-refractivity contribution in [2.75, 3.05) is 31.1 Å². The first-order valence-corrected chi connectivity index (χ1v) is 7.35. The standard InChI is InChI=1S/C14H18Cl2N2/c1-10-7-13(16)14(8-12(10)15)18-6-5-17-4-2-3-11(17)9-18/h7-8,11H,2-6,9H2,1H3. The van der Waals surface area contributed by atoms with Crippen molar-refractivity contribution in [2.45, 2.75) is 25.8 Å². The minimum absolute atomic E-state index is 0.704. The Kier molecular flexibility index (Phi) is 3.44. The van der Waals surface area contributed by atoms with Crippen molar-refractivity contribution in [2.24, 2.45) is 0 Å². The first-order chi connectivity index (χ1) is 8.65. The maximum absolute atomic E-state index is 6.36. The average molecular weight is 285 g/mol. The number of hydrogen-bond donors (Lipinski definition) is 0. The molecule has 2 aliphatic heterocycles. The number of rotatable bonds is 1. The van der Waals surface area contributed by atoms with Gasteiger partial charge in [0.15, 0.2) is 0 Å². The molecule has 3 rings (SSSR count). The van der Waals surface area contributed by atoms with Gasteiger partial charge in [-0.15, -0.1) is 0 Å². The molecule has 0 N–H and O–H groups in total. The zero-order valence-corrected chi connectivity index (χ0v) is 12.1. The summed E-state index contributed by atoms with van der Waals surface area (Å²) in [6.07, 6.45) is 2.65. The van der Waals surface area contributed by atoms with Crippen molar-refractivity contribution in [3.05, 3.63) is 27.7 Å². The Bertz CT molecular complexity index is 461. The van der Waals surface area contributed by atoms with E-state index in [1.54, 1.807) is 0 Å². The van der Waals surface area contributed by atoms with E-state index in [4.69, 9.17) is 23.2 Å². The Hall–Kier alpha value is -0.440. The lowest BCUT2D eigenvalue weighted by Gasteiger charge is -2.39. The Balaban J connectivity index is 1.84. The summed E-state index contributed by atoms with van der Waals surface area (Å²) in [4.78, 5) is 4.99. The number of nitrogens with zero attached hydrogens (tertiary/aromatic N) is 2. The highest BCUT2D eigenvalue weighted by molar-refractivity contribution is 6.35. The van der Waals surface area contributed by atoms with Gasteiger partial charge in [-0.3, -0.25) is 4.90 Å². The monoisotopic (exact) mass is 284 g/mol. The van der Waals surface area contributed by atoms with Crippen molar-refractivity contribution in [1.82, 2.24) is 4.90 Å². The molecule has 2 fully saturated rings. The molecule has 1 atom stereocenters. The molecule has 0 aliphatic carbocycles. The van der Waals surface area contributed by atoms with Crippen molar-refractivity contribution < 1.29 is 0 Å². The minimum atomic E-state index is 0.704. The molecule has 2 saturated heterocycles. The predicted octanol–water partition coefficient (Wildman–Crippen LogP) is 3.59. The van der Waals surface area contributed by atoms with E-state index in [-0.39, 0.29) is 0 Å².